The van der Waals surface area contributed by atoms with Crippen molar-refractivity contribution in [1.82, 2.24) is 9.97 Å². The fraction of sp³-hybridized carbons (Fsp3) is 0. The summed E-state index contributed by atoms with van der Waals surface area (Å²) in [6.07, 6.45) is 0. The van der Waals surface area contributed by atoms with Crippen molar-refractivity contribution in [2.75, 3.05) is 0 Å². The summed E-state index contributed by atoms with van der Waals surface area (Å²) in [6.45, 7) is 0. The van der Waals surface area contributed by atoms with Crippen LogP contribution in [0.25, 0.3) is 11.0 Å². The second-order valence-electron chi connectivity index (χ2n) is 2.36. The van der Waals surface area contributed by atoms with E-state index in [0.29, 0.717) is 5.52 Å². The third-order valence-electron chi connectivity index (χ3n) is 1.52. The second-order valence-corrected chi connectivity index (χ2v) is 2.96. The highest BCUT2D eigenvalue weighted by Crippen LogP contribution is 2.14. The van der Waals surface area contributed by atoms with E-state index in [4.69, 9.17) is 4.55 Å². The quantitative estimate of drug-likeness (QED) is 0.708. The number of aromatic nitrogens is 2. The first-order valence-corrected chi connectivity index (χ1v) is 4.53. The third-order valence-corrected chi connectivity index (χ3v) is 1.82. The van der Waals surface area contributed by atoms with Crippen molar-refractivity contribution in [2.24, 2.45) is 0 Å². The Morgan fingerprint density at radius 3 is 2.92 bits per heavy atom. The summed E-state index contributed by atoms with van der Waals surface area (Å²) in [4.78, 5) is 6.66. The molecule has 1 aromatic carbocycles. The molecule has 5 nitrogen and oxygen atoms in total. The first-order chi connectivity index (χ1) is 6.25. The molecule has 1 atom stereocenters. The monoisotopic (exact) mass is 198 g/mol. The Hall–Kier alpha value is -1.40. The molecule has 0 bridgehead atoms. The molecule has 6 heteroatoms. The number of H-pyrrole nitrogens is 1. The normalized spacial score (nSPS) is 13.0. The van der Waals surface area contributed by atoms with Crippen LogP contribution in [-0.2, 0) is 11.4 Å². The molecule has 0 amide bonds. The van der Waals surface area contributed by atoms with Crippen molar-refractivity contribution in [3.63, 3.8) is 0 Å². The van der Waals surface area contributed by atoms with Gasteiger partial charge < -0.3 is 9.17 Å². The van der Waals surface area contributed by atoms with Crippen LogP contribution in [0.4, 0.5) is 0 Å². The molecule has 1 unspecified atom stereocenters. The number of para-hydroxylation sites is 2. The van der Waals surface area contributed by atoms with Gasteiger partial charge >= 0.3 is 17.4 Å². The summed E-state index contributed by atoms with van der Waals surface area (Å²) in [5.41, 5.74) is 1.46. The Balaban J connectivity index is 2.44. The van der Waals surface area contributed by atoms with Crippen molar-refractivity contribution in [3.05, 3.63) is 24.3 Å². The van der Waals surface area contributed by atoms with Gasteiger partial charge in [0.1, 0.15) is 0 Å². The average Bonchev–Trinajstić information content (AvgIpc) is 2.44. The molecule has 0 aliphatic heterocycles. The minimum atomic E-state index is -2.34. The molecule has 0 saturated heterocycles. The van der Waals surface area contributed by atoms with E-state index >= 15 is 0 Å². The first kappa shape index (κ1) is 8.21. The maximum Gasteiger partial charge on any atom is 0.360 e. The van der Waals surface area contributed by atoms with E-state index in [-0.39, 0.29) is 6.01 Å². The number of hydrogen-bond acceptors (Lipinski definition) is 3. The standard InChI is InChI=1S/C7H6N2O3S/c10-13(11)12-7-8-5-3-1-2-4-6(5)9-7/h1-4H,(H,8,9)(H,10,11). The van der Waals surface area contributed by atoms with Gasteiger partial charge in [-0.15, -0.1) is 0 Å². The van der Waals surface area contributed by atoms with Gasteiger partial charge in [-0.2, -0.15) is 9.19 Å². The smallest absolute Gasteiger partial charge is 0.343 e. The van der Waals surface area contributed by atoms with Gasteiger partial charge in [0.15, 0.2) is 0 Å². The number of fused-ring (bicyclic) bond motifs is 1. The van der Waals surface area contributed by atoms with Gasteiger partial charge in [-0.05, 0) is 12.1 Å². The molecule has 0 aliphatic rings. The Kier molecular flexibility index (Phi) is 1.99. The highest BCUT2D eigenvalue weighted by Gasteiger charge is 2.04. The van der Waals surface area contributed by atoms with Gasteiger partial charge in [0.2, 0.25) is 0 Å². The van der Waals surface area contributed by atoms with Gasteiger partial charge in [0.05, 0.1) is 11.0 Å². The number of hydrogen-bond donors (Lipinski definition) is 2. The molecule has 0 radical (unpaired) electrons. The molecule has 1 aromatic heterocycles. The van der Waals surface area contributed by atoms with Crippen LogP contribution in [0.1, 0.15) is 0 Å². The minimum Gasteiger partial charge on any atom is -0.343 e. The largest absolute Gasteiger partial charge is 0.360 e. The van der Waals surface area contributed by atoms with E-state index in [9.17, 15) is 4.21 Å². The van der Waals surface area contributed by atoms with Crippen molar-refractivity contribution < 1.29 is 12.9 Å². The SMILES string of the molecule is O=S(O)Oc1nc2ccccc2[nH]1. The zero-order valence-electron chi connectivity index (χ0n) is 6.43. The fourth-order valence-corrected chi connectivity index (χ4v) is 1.25. The fourth-order valence-electron chi connectivity index (χ4n) is 1.04. The molecule has 0 fully saturated rings. The van der Waals surface area contributed by atoms with Crippen molar-refractivity contribution in [1.29, 1.82) is 0 Å². The zero-order valence-corrected chi connectivity index (χ0v) is 7.25. The van der Waals surface area contributed by atoms with E-state index < -0.39 is 11.4 Å². The van der Waals surface area contributed by atoms with Crippen molar-refractivity contribution in [3.8, 4) is 6.01 Å². The molecular formula is C7H6N2O3S. The van der Waals surface area contributed by atoms with Crippen molar-refractivity contribution in [2.45, 2.75) is 0 Å². The summed E-state index contributed by atoms with van der Waals surface area (Å²) < 4.78 is 23.2. The van der Waals surface area contributed by atoms with E-state index in [1.807, 2.05) is 12.1 Å². The van der Waals surface area contributed by atoms with Crippen LogP contribution in [0, 0.1) is 0 Å². The van der Waals surface area contributed by atoms with Gasteiger partial charge in [0.25, 0.3) is 0 Å². The van der Waals surface area contributed by atoms with E-state index in [0.717, 1.165) is 5.52 Å². The topological polar surface area (TPSA) is 75.2 Å². The van der Waals surface area contributed by atoms with E-state index in [2.05, 4.69) is 14.2 Å². The van der Waals surface area contributed by atoms with E-state index in [1.165, 1.54) is 0 Å². The summed E-state index contributed by atoms with van der Waals surface area (Å²) in [7, 11) is 0. The average molecular weight is 198 g/mol. The lowest BCUT2D eigenvalue weighted by Gasteiger charge is -1.90. The molecule has 68 valence electrons. The number of benzene rings is 1. The van der Waals surface area contributed by atoms with Crippen molar-refractivity contribution >= 4 is 22.4 Å². The van der Waals surface area contributed by atoms with Crippen LogP contribution >= 0.6 is 0 Å². The van der Waals surface area contributed by atoms with Crippen LogP contribution in [-0.4, -0.2) is 18.7 Å². The second kappa shape index (κ2) is 3.15. The summed E-state index contributed by atoms with van der Waals surface area (Å²) in [5, 5.41) is 0. The Bertz CT molecular complexity index is 421. The van der Waals surface area contributed by atoms with Crippen LogP contribution in [0.5, 0.6) is 6.01 Å². The highest BCUT2D eigenvalue weighted by atomic mass is 32.2. The minimum absolute atomic E-state index is 0.0435. The lowest BCUT2D eigenvalue weighted by atomic mass is 10.3. The van der Waals surface area contributed by atoms with Crippen LogP contribution in [0.3, 0.4) is 0 Å². The van der Waals surface area contributed by atoms with Gasteiger partial charge in [-0.1, -0.05) is 12.1 Å². The molecule has 1 heterocycles. The highest BCUT2D eigenvalue weighted by molar-refractivity contribution is 7.74. The maximum atomic E-state index is 10.3. The predicted octanol–water partition coefficient (Wildman–Crippen LogP) is 1.08. The molecule has 13 heavy (non-hydrogen) atoms. The summed E-state index contributed by atoms with van der Waals surface area (Å²) in [5.74, 6) is 0. The van der Waals surface area contributed by atoms with E-state index in [1.54, 1.807) is 12.1 Å². The maximum absolute atomic E-state index is 10.3. The molecule has 0 saturated carbocycles. The van der Waals surface area contributed by atoms with Crippen LogP contribution in [0.15, 0.2) is 24.3 Å². The molecule has 2 rings (SSSR count). The lowest BCUT2D eigenvalue weighted by molar-refractivity contribution is 0.443. The Labute approximate surface area is 76.2 Å². The Morgan fingerprint density at radius 2 is 2.23 bits per heavy atom. The van der Waals surface area contributed by atoms with Gasteiger partial charge in [0, 0.05) is 0 Å². The number of rotatable bonds is 2. The number of imidazole rings is 1. The molecule has 0 aliphatic carbocycles. The van der Waals surface area contributed by atoms with Crippen LogP contribution < -0.4 is 4.18 Å². The lowest BCUT2D eigenvalue weighted by Crippen LogP contribution is -1.98. The first-order valence-electron chi connectivity index (χ1n) is 3.49. The summed E-state index contributed by atoms with van der Waals surface area (Å²) in [6, 6.07) is 7.28. The number of aromatic amines is 1. The number of nitrogens with one attached hydrogen (secondary N) is 1. The molecule has 2 N–H and O–H groups in total. The van der Waals surface area contributed by atoms with Gasteiger partial charge in [-0.3, -0.25) is 4.55 Å². The molecular weight excluding hydrogens is 192 g/mol. The predicted molar refractivity (Wildman–Crippen MR) is 47.5 cm³/mol. The molecule has 2 aromatic rings. The summed E-state index contributed by atoms with van der Waals surface area (Å²) >= 11 is -2.34. The Morgan fingerprint density at radius 1 is 1.46 bits per heavy atom. The molecule has 0 spiro atoms. The zero-order chi connectivity index (χ0) is 9.26. The van der Waals surface area contributed by atoms with Crippen LogP contribution in [0.2, 0.25) is 0 Å². The third kappa shape index (κ3) is 1.68. The number of nitrogens with zero attached hydrogens (tertiary/aromatic N) is 1. The van der Waals surface area contributed by atoms with Gasteiger partial charge in [-0.25, -0.2) is 0 Å².